The van der Waals surface area contributed by atoms with E-state index < -0.39 is 11.9 Å². The molecule has 0 N–H and O–H groups in total. The second-order valence-corrected chi connectivity index (χ2v) is 7.10. The van der Waals surface area contributed by atoms with Crippen LogP contribution in [0.25, 0.3) is 16.7 Å². The summed E-state index contributed by atoms with van der Waals surface area (Å²) >= 11 is 5.88. The number of nitrogens with zero attached hydrogens (tertiary/aromatic N) is 4. The third-order valence-corrected chi connectivity index (χ3v) is 4.96. The molecule has 0 aliphatic heterocycles. The summed E-state index contributed by atoms with van der Waals surface area (Å²) in [6.07, 6.45) is 1.59. The van der Waals surface area contributed by atoms with Crippen molar-refractivity contribution in [3.8, 4) is 0 Å². The number of aryl methyl sites for hydroxylation is 1. The summed E-state index contributed by atoms with van der Waals surface area (Å²) in [5.74, 6) is -1.27. The van der Waals surface area contributed by atoms with Crippen LogP contribution in [0.3, 0.4) is 0 Å². The van der Waals surface area contributed by atoms with Gasteiger partial charge in [-0.2, -0.15) is 4.99 Å². The Bertz CT molecular complexity index is 1470. The van der Waals surface area contributed by atoms with E-state index in [1.807, 2.05) is 0 Å². The number of carbonyl (C=O) groups excluding carboxylic acids is 2. The lowest BCUT2D eigenvalue weighted by molar-refractivity contribution is 0.0523. The number of fused-ring (bicyclic) bond motifs is 2. The topological polar surface area (TPSA) is 95.0 Å². The van der Waals surface area contributed by atoms with E-state index in [9.17, 15) is 14.4 Å². The molecule has 4 rings (SSSR count). The molecule has 0 aliphatic carbocycles. The van der Waals surface area contributed by atoms with Gasteiger partial charge in [0.15, 0.2) is 5.49 Å². The zero-order valence-corrected chi connectivity index (χ0v) is 17.5. The summed E-state index contributed by atoms with van der Waals surface area (Å²) in [4.78, 5) is 47.1. The molecule has 0 spiro atoms. The first-order valence-electron chi connectivity index (χ1n) is 9.43. The minimum absolute atomic E-state index is 0.00561. The van der Waals surface area contributed by atoms with Gasteiger partial charge >= 0.3 is 5.97 Å². The molecule has 0 unspecified atom stereocenters. The maximum atomic E-state index is 13.0. The van der Waals surface area contributed by atoms with E-state index in [1.165, 1.54) is 27.2 Å². The molecule has 31 heavy (non-hydrogen) atoms. The van der Waals surface area contributed by atoms with E-state index in [0.717, 1.165) is 0 Å². The van der Waals surface area contributed by atoms with Crippen molar-refractivity contribution in [3.63, 3.8) is 0 Å². The van der Waals surface area contributed by atoms with Crippen molar-refractivity contribution in [2.75, 3.05) is 6.61 Å². The van der Waals surface area contributed by atoms with Crippen molar-refractivity contribution in [1.29, 1.82) is 0 Å². The lowest BCUT2D eigenvalue weighted by Gasteiger charge is -2.11. The average molecular weight is 437 g/mol. The second kappa shape index (κ2) is 8.16. The number of esters is 1. The molecule has 0 aliphatic rings. The first kappa shape index (κ1) is 20.5. The fourth-order valence-electron chi connectivity index (χ4n) is 3.21. The highest BCUT2D eigenvalue weighted by atomic mass is 35.5. The van der Waals surface area contributed by atoms with Crippen LogP contribution < -0.4 is 11.0 Å². The Labute approximate surface area is 181 Å². The van der Waals surface area contributed by atoms with E-state index in [-0.39, 0.29) is 34.3 Å². The van der Waals surface area contributed by atoms with Crippen molar-refractivity contribution in [2.45, 2.75) is 6.92 Å². The SMILES string of the molecule is CCOC(=O)c1cc2c(=O)n3ccccc3nc2n(C)c1=NC(=O)c1ccc(Cl)cc1. The van der Waals surface area contributed by atoms with E-state index in [0.29, 0.717) is 16.2 Å². The fourth-order valence-corrected chi connectivity index (χ4v) is 3.34. The van der Waals surface area contributed by atoms with Gasteiger partial charge in [0.25, 0.3) is 11.5 Å². The summed E-state index contributed by atoms with van der Waals surface area (Å²) in [6.45, 7) is 1.79. The molecule has 4 aromatic rings. The zero-order chi connectivity index (χ0) is 22.1. The van der Waals surface area contributed by atoms with Gasteiger partial charge < -0.3 is 9.30 Å². The van der Waals surface area contributed by atoms with Gasteiger partial charge in [-0.15, -0.1) is 0 Å². The van der Waals surface area contributed by atoms with Crippen LogP contribution in [-0.2, 0) is 11.8 Å². The van der Waals surface area contributed by atoms with E-state index >= 15 is 0 Å². The summed E-state index contributed by atoms with van der Waals surface area (Å²) in [5, 5.41) is 0.684. The first-order chi connectivity index (χ1) is 14.9. The Hall–Kier alpha value is -3.78. The Balaban J connectivity index is 2.05. The van der Waals surface area contributed by atoms with Crippen LogP contribution in [0.15, 0.2) is 64.5 Å². The average Bonchev–Trinajstić information content (AvgIpc) is 2.76. The summed E-state index contributed by atoms with van der Waals surface area (Å²) in [7, 11) is 1.59. The quantitative estimate of drug-likeness (QED) is 0.363. The van der Waals surface area contributed by atoms with Gasteiger partial charge in [0.1, 0.15) is 16.9 Å². The minimum atomic E-state index is -0.694. The summed E-state index contributed by atoms with van der Waals surface area (Å²) in [5.41, 5.74) is 0.691. The van der Waals surface area contributed by atoms with Gasteiger partial charge in [-0.25, -0.2) is 9.78 Å². The highest BCUT2D eigenvalue weighted by Gasteiger charge is 2.18. The lowest BCUT2D eigenvalue weighted by atomic mass is 10.2. The van der Waals surface area contributed by atoms with Gasteiger partial charge in [-0.3, -0.25) is 14.0 Å². The molecule has 8 nitrogen and oxygen atoms in total. The van der Waals surface area contributed by atoms with Crippen LogP contribution in [0.4, 0.5) is 0 Å². The Morgan fingerprint density at radius 3 is 2.61 bits per heavy atom. The van der Waals surface area contributed by atoms with E-state index in [1.54, 1.807) is 50.5 Å². The molecule has 0 bridgehead atoms. The van der Waals surface area contributed by atoms with Gasteiger partial charge in [-0.05, 0) is 49.4 Å². The van der Waals surface area contributed by atoms with Gasteiger partial charge in [0.05, 0.1) is 12.0 Å². The fraction of sp³-hybridized carbons (Fsp3) is 0.136. The van der Waals surface area contributed by atoms with Crippen LogP contribution in [-0.4, -0.2) is 32.4 Å². The predicted molar refractivity (Wildman–Crippen MR) is 115 cm³/mol. The molecule has 0 fully saturated rings. The number of aromatic nitrogens is 3. The van der Waals surface area contributed by atoms with Gasteiger partial charge in [0, 0.05) is 23.8 Å². The Morgan fingerprint density at radius 1 is 1.16 bits per heavy atom. The molecular weight excluding hydrogens is 420 g/mol. The van der Waals surface area contributed by atoms with Crippen molar-refractivity contribution in [1.82, 2.24) is 14.0 Å². The standard InChI is InChI=1S/C22H17ClN4O4/c1-3-31-22(30)16-12-15-18(24-17-6-4-5-11-27(17)21(15)29)26(2)19(16)25-20(28)13-7-9-14(23)10-8-13/h4-12H,3H2,1-2H3. The van der Waals surface area contributed by atoms with E-state index in [2.05, 4.69) is 9.98 Å². The molecular formula is C22H17ClN4O4. The van der Waals surface area contributed by atoms with Crippen LogP contribution in [0.5, 0.6) is 0 Å². The number of pyridine rings is 2. The molecule has 0 atom stereocenters. The molecule has 156 valence electrons. The Morgan fingerprint density at radius 2 is 1.90 bits per heavy atom. The zero-order valence-electron chi connectivity index (χ0n) is 16.7. The highest BCUT2D eigenvalue weighted by molar-refractivity contribution is 6.30. The summed E-state index contributed by atoms with van der Waals surface area (Å²) in [6, 6.07) is 12.8. The number of hydrogen-bond donors (Lipinski definition) is 0. The van der Waals surface area contributed by atoms with Gasteiger partial charge in [0.2, 0.25) is 0 Å². The van der Waals surface area contributed by atoms with E-state index in [4.69, 9.17) is 16.3 Å². The van der Waals surface area contributed by atoms with Crippen LogP contribution in [0, 0.1) is 0 Å². The normalized spacial score (nSPS) is 11.8. The van der Waals surface area contributed by atoms with Crippen molar-refractivity contribution in [3.05, 3.63) is 86.7 Å². The van der Waals surface area contributed by atoms with Crippen molar-refractivity contribution in [2.24, 2.45) is 12.0 Å². The highest BCUT2D eigenvalue weighted by Crippen LogP contribution is 2.12. The number of carbonyl (C=O) groups is 2. The smallest absolute Gasteiger partial charge is 0.341 e. The molecule has 1 aromatic carbocycles. The number of amides is 1. The maximum absolute atomic E-state index is 13.0. The van der Waals surface area contributed by atoms with Crippen molar-refractivity contribution >= 4 is 40.2 Å². The molecule has 1 amide bonds. The molecule has 0 saturated carbocycles. The van der Waals surface area contributed by atoms with Crippen LogP contribution in [0.1, 0.15) is 27.6 Å². The second-order valence-electron chi connectivity index (χ2n) is 6.67. The number of hydrogen-bond acceptors (Lipinski definition) is 5. The molecule has 0 saturated heterocycles. The number of benzene rings is 1. The molecule has 0 radical (unpaired) electrons. The third-order valence-electron chi connectivity index (χ3n) is 4.71. The predicted octanol–water partition coefficient (Wildman–Crippen LogP) is 2.76. The largest absolute Gasteiger partial charge is 0.462 e. The van der Waals surface area contributed by atoms with Crippen LogP contribution in [0.2, 0.25) is 5.02 Å². The summed E-state index contributed by atoms with van der Waals surface area (Å²) < 4.78 is 7.96. The molecule has 9 heteroatoms. The van der Waals surface area contributed by atoms with Crippen LogP contribution >= 0.6 is 11.6 Å². The monoisotopic (exact) mass is 436 g/mol. The molecule has 3 aromatic heterocycles. The number of rotatable bonds is 3. The van der Waals surface area contributed by atoms with Gasteiger partial charge in [-0.1, -0.05) is 17.7 Å². The maximum Gasteiger partial charge on any atom is 0.341 e. The lowest BCUT2D eigenvalue weighted by Crippen LogP contribution is -2.31. The third kappa shape index (κ3) is 3.73. The molecule has 3 heterocycles. The number of ether oxygens (including phenoxy) is 1. The van der Waals surface area contributed by atoms with Crippen molar-refractivity contribution < 1.29 is 14.3 Å². The Kier molecular flexibility index (Phi) is 5.39. The number of halogens is 1. The minimum Gasteiger partial charge on any atom is -0.462 e. The first-order valence-corrected chi connectivity index (χ1v) is 9.81.